The van der Waals surface area contributed by atoms with Crippen LogP contribution in [-0.4, -0.2) is 42.5 Å². The molecule has 2 aliphatic rings. The molecule has 2 aliphatic heterocycles. The molecule has 2 heterocycles. The van der Waals surface area contributed by atoms with Crippen molar-refractivity contribution in [2.45, 2.75) is 44.9 Å². The average Bonchev–Trinajstić information content (AvgIpc) is 2.52. The summed E-state index contributed by atoms with van der Waals surface area (Å²) in [7, 11) is 0. The molecule has 0 saturated carbocycles. The monoisotopic (exact) mass is 199 g/mol. The molecule has 0 radical (unpaired) electrons. The lowest BCUT2D eigenvalue weighted by Gasteiger charge is -2.45. The third kappa shape index (κ3) is 1.95. The Kier molecular flexibility index (Phi) is 2.58. The highest BCUT2D eigenvalue weighted by Crippen LogP contribution is 2.32. The van der Waals surface area contributed by atoms with Crippen LogP contribution < -0.4 is 0 Å². The minimum Gasteiger partial charge on any atom is -0.346 e. The van der Waals surface area contributed by atoms with Gasteiger partial charge in [-0.2, -0.15) is 0 Å². The molecule has 2 saturated heterocycles. The van der Waals surface area contributed by atoms with E-state index in [1.807, 2.05) is 0 Å². The Morgan fingerprint density at radius 3 is 2.36 bits per heavy atom. The molecule has 0 N–H and O–H groups in total. The summed E-state index contributed by atoms with van der Waals surface area (Å²) in [4.78, 5) is 2.46. The normalized spacial score (nSPS) is 28.5. The second-order valence-electron chi connectivity index (χ2n) is 5.30. The minimum absolute atomic E-state index is 0.225. The van der Waals surface area contributed by atoms with Crippen LogP contribution >= 0.6 is 0 Å². The number of nitrogens with zero attached hydrogens (tertiary/aromatic N) is 1. The van der Waals surface area contributed by atoms with Gasteiger partial charge in [-0.05, 0) is 33.7 Å². The van der Waals surface area contributed by atoms with Crippen molar-refractivity contribution in [3.63, 3.8) is 0 Å². The second kappa shape index (κ2) is 3.47. The lowest BCUT2D eigenvalue weighted by molar-refractivity contribution is -0.198. The zero-order chi connectivity index (χ0) is 10.2. The van der Waals surface area contributed by atoms with Crippen LogP contribution in [0, 0.1) is 0 Å². The van der Waals surface area contributed by atoms with Gasteiger partial charge in [0.1, 0.15) is 0 Å². The standard InChI is InChI=1S/C11H21NO2/c1-10(2,3)12-6-4-5-11(9-12)13-7-8-14-11/h4-9H2,1-3H3. The van der Waals surface area contributed by atoms with Crippen molar-refractivity contribution in [2.24, 2.45) is 0 Å². The summed E-state index contributed by atoms with van der Waals surface area (Å²) in [6.45, 7) is 10.4. The van der Waals surface area contributed by atoms with E-state index in [4.69, 9.17) is 9.47 Å². The van der Waals surface area contributed by atoms with Crippen LogP contribution in [0.1, 0.15) is 33.6 Å². The van der Waals surface area contributed by atoms with Crippen LogP contribution in [0.25, 0.3) is 0 Å². The molecule has 3 heteroatoms. The predicted octanol–water partition coefficient (Wildman–Crippen LogP) is 1.62. The molecule has 14 heavy (non-hydrogen) atoms. The molecule has 0 aromatic rings. The Hall–Kier alpha value is -0.120. The van der Waals surface area contributed by atoms with Gasteiger partial charge in [0.2, 0.25) is 0 Å². The van der Waals surface area contributed by atoms with Gasteiger partial charge in [-0.15, -0.1) is 0 Å². The van der Waals surface area contributed by atoms with Crippen molar-refractivity contribution in [3.8, 4) is 0 Å². The number of hydrogen-bond acceptors (Lipinski definition) is 3. The van der Waals surface area contributed by atoms with E-state index in [0.29, 0.717) is 0 Å². The quantitative estimate of drug-likeness (QED) is 0.592. The van der Waals surface area contributed by atoms with E-state index >= 15 is 0 Å². The molecule has 2 fully saturated rings. The SMILES string of the molecule is CC(C)(C)N1CCCC2(C1)OCCO2. The first-order chi connectivity index (χ1) is 6.52. The van der Waals surface area contributed by atoms with E-state index < -0.39 is 0 Å². The molecule has 0 unspecified atom stereocenters. The van der Waals surface area contributed by atoms with Crippen LogP contribution in [0.15, 0.2) is 0 Å². The van der Waals surface area contributed by atoms with Crippen LogP contribution in [-0.2, 0) is 9.47 Å². The van der Waals surface area contributed by atoms with Gasteiger partial charge in [-0.3, -0.25) is 4.90 Å². The zero-order valence-corrected chi connectivity index (χ0v) is 9.51. The smallest absolute Gasteiger partial charge is 0.181 e. The van der Waals surface area contributed by atoms with Gasteiger partial charge in [-0.25, -0.2) is 0 Å². The fraction of sp³-hybridized carbons (Fsp3) is 1.00. The van der Waals surface area contributed by atoms with Gasteiger partial charge < -0.3 is 9.47 Å². The summed E-state index contributed by atoms with van der Waals surface area (Å²) in [6, 6.07) is 0. The summed E-state index contributed by atoms with van der Waals surface area (Å²) in [5, 5.41) is 0. The first-order valence-electron chi connectivity index (χ1n) is 5.55. The summed E-state index contributed by atoms with van der Waals surface area (Å²) >= 11 is 0. The van der Waals surface area contributed by atoms with Crippen molar-refractivity contribution < 1.29 is 9.47 Å². The van der Waals surface area contributed by atoms with E-state index in [1.54, 1.807) is 0 Å². The fourth-order valence-electron chi connectivity index (χ4n) is 2.29. The van der Waals surface area contributed by atoms with Gasteiger partial charge in [0.05, 0.1) is 19.8 Å². The highest BCUT2D eigenvalue weighted by Gasteiger charge is 2.43. The van der Waals surface area contributed by atoms with Crippen LogP contribution in [0.3, 0.4) is 0 Å². The van der Waals surface area contributed by atoms with Crippen LogP contribution in [0.5, 0.6) is 0 Å². The number of rotatable bonds is 0. The van der Waals surface area contributed by atoms with E-state index in [9.17, 15) is 0 Å². The lowest BCUT2D eigenvalue weighted by Crippen LogP contribution is -2.55. The van der Waals surface area contributed by atoms with E-state index in [-0.39, 0.29) is 11.3 Å². The Morgan fingerprint density at radius 1 is 1.14 bits per heavy atom. The first kappa shape index (κ1) is 10.4. The summed E-state index contributed by atoms with van der Waals surface area (Å²) < 4.78 is 11.5. The molecule has 2 rings (SSSR count). The molecular weight excluding hydrogens is 178 g/mol. The van der Waals surface area contributed by atoms with E-state index in [1.165, 1.54) is 6.42 Å². The van der Waals surface area contributed by atoms with Gasteiger partial charge >= 0.3 is 0 Å². The van der Waals surface area contributed by atoms with Gasteiger partial charge in [-0.1, -0.05) is 0 Å². The highest BCUT2D eigenvalue weighted by molar-refractivity contribution is 4.89. The van der Waals surface area contributed by atoms with Gasteiger partial charge in [0.15, 0.2) is 5.79 Å². The number of likely N-dealkylation sites (tertiary alicyclic amines) is 1. The molecule has 0 aromatic heterocycles. The number of hydrogen-bond donors (Lipinski definition) is 0. The summed E-state index contributed by atoms with van der Waals surface area (Å²) in [6.07, 6.45) is 2.23. The highest BCUT2D eigenvalue weighted by atomic mass is 16.7. The first-order valence-corrected chi connectivity index (χ1v) is 5.55. The van der Waals surface area contributed by atoms with Crippen molar-refractivity contribution in [1.82, 2.24) is 4.90 Å². The zero-order valence-electron chi connectivity index (χ0n) is 9.51. The number of piperidine rings is 1. The largest absolute Gasteiger partial charge is 0.346 e. The Balaban J connectivity index is 2.03. The lowest BCUT2D eigenvalue weighted by atomic mass is 9.97. The maximum absolute atomic E-state index is 5.74. The maximum Gasteiger partial charge on any atom is 0.181 e. The van der Waals surface area contributed by atoms with Gasteiger partial charge in [0.25, 0.3) is 0 Å². The average molecular weight is 199 g/mol. The summed E-state index contributed by atoms with van der Waals surface area (Å²) in [5.41, 5.74) is 0.225. The van der Waals surface area contributed by atoms with Crippen molar-refractivity contribution in [1.29, 1.82) is 0 Å². The molecule has 0 aromatic carbocycles. The Labute approximate surface area is 86.4 Å². The summed E-state index contributed by atoms with van der Waals surface area (Å²) in [5.74, 6) is -0.272. The van der Waals surface area contributed by atoms with Crippen molar-refractivity contribution in [2.75, 3.05) is 26.3 Å². The Bertz CT molecular complexity index is 204. The maximum atomic E-state index is 5.74. The van der Waals surface area contributed by atoms with Crippen LogP contribution in [0.4, 0.5) is 0 Å². The molecule has 0 aliphatic carbocycles. The van der Waals surface area contributed by atoms with Crippen molar-refractivity contribution in [3.05, 3.63) is 0 Å². The Morgan fingerprint density at radius 2 is 1.79 bits per heavy atom. The van der Waals surface area contributed by atoms with E-state index in [0.717, 1.165) is 32.7 Å². The topological polar surface area (TPSA) is 21.7 Å². The molecule has 0 atom stereocenters. The molecule has 0 amide bonds. The van der Waals surface area contributed by atoms with Crippen molar-refractivity contribution >= 4 is 0 Å². The molecular formula is C11H21NO2. The third-order valence-electron chi connectivity index (χ3n) is 3.18. The molecule has 0 bridgehead atoms. The molecule has 1 spiro atoms. The minimum atomic E-state index is -0.272. The molecule has 3 nitrogen and oxygen atoms in total. The van der Waals surface area contributed by atoms with Crippen LogP contribution in [0.2, 0.25) is 0 Å². The van der Waals surface area contributed by atoms with E-state index in [2.05, 4.69) is 25.7 Å². The third-order valence-corrected chi connectivity index (χ3v) is 3.18. The fourth-order valence-corrected chi connectivity index (χ4v) is 2.29. The van der Waals surface area contributed by atoms with Gasteiger partial charge in [0, 0.05) is 12.0 Å². The predicted molar refractivity (Wildman–Crippen MR) is 55.2 cm³/mol. The second-order valence-corrected chi connectivity index (χ2v) is 5.30. The molecule has 82 valence electrons. The number of ether oxygens (including phenoxy) is 2.